The van der Waals surface area contributed by atoms with Gasteiger partial charge >= 0.3 is 5.97 Å². The monoisotopic (exact) mass is 299 g/mol. The number of pyridine rings is 1. The Morgan fingerprint density at radius 2 is 2.18 bits per heavy atom. The van der Waals surface area contributed by atoms with Crippen molar-refractivity contribution < 1.29 is 18.4 Å². The van der Waals surface area contributed by atoms with E-state index in [1.165, 1.54) is 12.7 Å². The SMILES string of the molecule is CCOC(=O)c1coc(Cc2ccc(-c3cocn3)cn2)n1. The highest BCUT2D eigenvalue weighted by molar-refractivity contribution is 5.86. The van der Waals surface area contributed by atoms with E-state index in [1.54, 1.807) is 19.4 Å². The van der Waals surface area contributed by atoms with Crippen LogP contribution in [0.2, 0.25) is 0 Å². The molecule has 3 aromatic rings. The minimum atomic E-state index is -0.494. The highest BCUT2D eigenvalue weighted by atomic mass is 16.5. The molecule has 7 nitrogen and oxygen atoms in total. The Balaban J connectivity index is 1.70. The van der Waals surface area contributed by atoms with Gasteiger partial charge in [0.1, 0.15) is 18.2 Å². The van der Waals surface area contributed by atoms with E-state index in [0.717, 1.165) is 17.0 Å². The first-order valence-corrected chi connectivity index (χ1v) is 6.71. The van der Waals surface area contributed by atoms with Gasteiger partial charge in [-0.15, -0.1) is 0 Å². The quantitative estimate of drug-likeness (QED) is 0.668. The molecule has 0 bridgehead atoms. The zero-order valence-corrected chi connectivity index (χ0v) is 11.9. The standard InChI is InChI=1S/C15H13N3O4/c1-2-21-15(19)13-8-22-14(18-13)5-11-4-3-10(6-16-11)12-7-20-9-17-12/h3-4,6-9H,2,5H2,1H3. The summed E-state index contributed by atoms with van der Waals surface area (Å²) in [5.41, 5.74) is 2.51. The molecule has 0 unspecified atom stereocenters. The van der Waals surface area contributed by atoms with Crippen LogP contribution in [-0.2, 0) is 11.2 Å². The van der Waals surface area contributed by atoms with Crippen molar-refractivity contribution >= 4 is 5.97 Å². The summed E-state index contributed by atoms with van der Waals surface area (Å²) in [7, 11) is 0. The van der Waals surface area contributed by atoms with Gasteiger partial charge in [0.2, 0.25) is 5.89 Å². The molecule has 0 aliphatic carbocycles. The largest absolute Gasteiger partial charge is 0.461 e. The Bertz CT molecular complexity index is 747. The van der Waals surface area contributed by atoms with Gasteiger partial charge in [-0.2, -0.15) is 0 Å². The molecular weight excluding hydrogens is 286 g/mol. The van der Waals surface area contributed by atoms with Gasteiger partial charge in [-0.25, -0.2) is 14.8 Å². The van der Waals surface area contributed by atoms with Gasteiger partial charge in [-0.3, -0.25) is 4.98 Å². The van der Waals surface area contributed by atoms with Crippen LogP contribution in [0.15, 0.2) is 46.1 Å². The van der Waals surface area contributed by atoms with Crippen LogP contribution < -0.4 is 0 Å². The average molecular weight is 299 g/mol. The van der Waals surface area contributed by atoms with Gasteiger partial charge in [0, 0.05) is 17.5 Å². The minimum absolute atomic E-state index is 0.163. The number of esters is 1. The summed E-state index contributed by atoms with van der Waals surface area (Å²) in [6.45, 7) is 2.03. The van der Waals surface area contributed by atoms with E-state index in [1.807, 2.05) is 12.1 Å². The Morgan fingerprint density at radius 1 is 1.27 bits per heavy atom. The number of oxazole rings is 2. The highest BCUT2D eigenvalue weighted by Gasteiger charge is 2.13. The first-order valence-electron chi connectivity index (χ1n) is 6.71. The average Bonchev–Trinajstić information content (AvgIpc) is 3.19. The molecule has 0 aliphatic rings. The molecule has 0 saturated carbocycles. The van der Waals surface area contributed by atoms with Gasteiger partial charge in [0.15, 0.2) is 12.1 Å². The lowest BCUT2D eigenvalue weighted by molar-refractivity contribution is 0.0519. The molecule has 112 valence electrons. The first-order chi connectivity index (χ1) is 10.8. The second kappa shape index (κ2) is 6.21. The van der Waals surface area contributed by atoms with E-state index in [4.69, 9.17) is 13.6 Å². The lowest BCUT2D eigenvalue weighted by Crippen LogP contribution is -2.05. The number of hydrogen-bond donors (Lipinski definition) is 0. The molecule has 0 atom stereocenters. The van der Waals surface area contributed by atoms with Crippen LogP contribution in [0.5, 0.6) is 0 Å². The van der Waals surface area contributed by atoms with Crippen LogP contribution in [-0.4, -0.2) is 27.5 Å². The van der Waals surface area contributed by atoms with Crippen LogP contribution in [0.4, 0.5) is 0 Å². The molecule has 0 saturated heterocycles. The fourth-order valence-corrected chi connectivity index (χ4v) is 1.88. The van der Waals surface area contributed by atoms with Crippen molar-refractivity contribution in [2.45, 2.75) is 13.3 Å². The molecule has 3 rings (SSSR count). The fourth-order valence-electron chi connectivity index (χ4n) is 1.88. The van der Waals surface area contributed by atoms with Gasteiger partial charge < -0.3 is 13.6 Å². The third kappa shape index (κ3) is 3.03. The fraction of sp³-hybridized carbons (Fsp3) is 0.200. The number of aromatic nitrogens is 3. The molecular formula is C15H13N3O4. The second-order valence-corrected chi connectivity index (χ2v) is 4.44. The van der Waals surface area contributed by atoms with E-state index in [2.05, 4.69) is 15.0 Å². The van der Waals surface area contributed by atoms with E-state index >= 15 is 0 Å². The molecule has 22 heavy (non-hydrogen) atoms. The van der Waals surface area contributed by atoms with E-state index < -0.39 is 5.97 Å². The molecule has 0 radical (unpaired) electrons. The highest BCUT2D eigenvalue weighted by Crippen LogP contribution is 2.17. The molecule has 0 N–H and O–H groups in total. The summed E-state index contributed by atoms with van der Waals surface area (Å²) in [4.78, 5) is 24.0. The van der Waals surface area contributed by atoms with Gasteiger partial charge in [0.25, 0.3) is 0 Å². The van der Waals surface area contributed by atoms with Crippen LogP contribution in [0.3, 0.4) is 0 Å². The van der Waals surface area contributed by atoms with Gasteiger partial charge in [0.05, 0.1) is 13.0 Å². The van der Waals surface area contributed by atoms with Crippen molar-refractivity contribution in [2.75, 3.05) is 6.61 Å². The number of carbonyl (C=O) groups is 1. The first kappa shape index (κ1) is 14.0. The summed E-state index contributed by atoms with van der Waals surface area (Å²) < 4.78 is 15.0. The van der Waals surface area contributed by atoms with Crippen molar-refractivity contribution in [1.82, 2.24) is 15.0 Å². The number of carbonyl (C=O) groups excluding carboxylic acids is 1. The predicted molar refractivity (Wildman–Crippen MR) is 75.0 cm³/mol. The number of hydrogen-bond acceptors (Lipinski definition) is 7. The third-order valence-corrected chi connectivity index (χ3v) is 2.92. The van der Waals surface area contributed by atoms with Crippen molar-refractivity contribution in [1.29, 1.82) is 0 Å². The summed E-state index contributed by atoms with van der Waals surface area (Å²) in [5.74, 6) is -0.0865. The topological polar surface area (TPSA) is 91.2 Å². The molecule has 3 heterocycles. The van der Waals surface area contributed by atoms with E-state index in [-0.39, 0.29) is 5.69 Å². The summed E-state index contributed by atoms with van der Waals surface area (Å²) in [6.07, 6.45) is 6.29. The third-order valence-electron chi connectivity index (χ3n) is 2.92. The molecule has 0 aromatic carbocycles. The Hall–Kier alpha value is -2.96. The summed E-state index contributed by atoms with van der Waals surface area (Å²) >= 11 is 0. The van der Waals surface area contributed by atoms with Crippen molar-refractivity contribution in [3.8, 4) is 11.3 Å². The van der Waals surface area contributed by atoms with Crippen molar-refractivity contribution in [3.63, 3.8) is 0 Å². The Labute approximate surface area is 126 Å². The zero-order valence-electron chi connectivity index (χ0n) is 11.9. The summed E-state index contributed by atoms with van der Waals surface area (Å²) in [6, 6.07) is 3.73. The van der Waals surface area contributed by atoms with Gasteiger partial charge in [-0.05, 0) is 19.1 Å². The van der Waals surface area contributed by atoms with Crippen LogP contribution in [0.25, 0.3) is 11.3 Å². The van der Waals surface area contributed by atoms with E-state index in [0.29, 0.717) is 18.9 Å². The van der Waals surface area contributed by atoms with Crippen LogP contribution >= 0.6 is 0 Å². The molecule has 0 aliphatic heterocycles. The second-order valence-electron chi connectivity index (χ2n) is 4.44. The lowest BCUT2D eigenvalue weighted by atomic mass is 10.2. The molecule has 0 amide bonds. The Kier molecular flexibility index (Phi) is 3.95. The molecule has 0 fully saturated rings. The molecule has 3 aromatic heterocycles. The maximum Gasteiger partial charge on any atom is 0.360 e. The van der Waals surface area contributed by atoms with Crippen LogP contribution in [0, 0.1) is 0 Å². The van der Waals surface area contributed by atoms with Gasteiger partial charge in [-0.1, -0.05) is 0 Å². The number of ether oxygens (including phenoxy) is 1. The maximum atomic E-state index is 11.5. The lowest BCUT2D eigenvalue weighted by Gasteiger charge is -1.99. The smallest absolute Gasteiger partial charge is 0.360 e. The maximum absolute atomic E-state index is 11.5. The molecule has 0 spiro atoms. The Morgan fingerprint density at radius 3 is 2.86 bits per heavy atom. The number of rotatable bonds is 5. The van der Waals surface area contributed by atoms with Crippen LogP contribution in [0.1, 0.15) is 29.0 Å². The van der Waals surface area contributed by atoms with Crippen molar-refractivity contribution in [3.05, 3.63) is 54.5 Å². The number of nitrogens with zero attached hydrogens (tertiary/aromatic N) is 3. The van der Waals surface area contributed by atoms with Crippen molar-refractivity contribution in [2.24, 2.45) is 0 Å². The molecule has 7 heteroatoms. The predicted octanol–water partition coefficient (Wildman–Crippen LogP) is 2.49. The minimum Gasteiger partial charge on any atom is -0.461 e. The van der Waals surface area contributed by atoms with E-state index in [9.17, 15) is 4.79 Å². The normalized spacial score (nSPS) is 10.6. The zero-order chi connectivity index (χ0) is 15.4. The summed E-state index contributed by atoms with van der Waals surface area (Å²) in [5, 5.41) is 0.